The van der Waals surface area contributed by atoms with E-state index in [2.05, 4.69) is 20.9 Å². The van der Waals surface area contributed by atoms with Crippen molar-refractivity contribution in [2.45, 2.75) is 27.2 Å². The molecule has 0 unspecified atom stereocenters. The Kier molecular flexibility index (Phi) is 6.33. The summed E-state index contributed by atoms with van der Waals surface area (Å²) in [7, 11) is 0. The molecule has 1 aromatic heterocycles. The first-order chi connectivity index (χ1) is 11.9. The highest BCUT2D eigenvalue weighted by Crippen LogP contribution is 2.14. The number of hydrogen-bond donors (Lipinski definition) is 3. The molecule has 0 spiro atoms. The van der Waals surface area contributed by atoms with Crippen LogP contribution in [0, 0.1) is 5.41 Å². The van der Waals surface area contributed by atoms with Crippen molar-refractivity contribution in [3.05, 3.63) is 36.4 Å². The standard InChI is InChI=1S/C19H26N4O2/c1-19(2,3)18(25)22-11-10-17(24)21-13-12-20-16-9-8-14-6-4-5-7-15(14)23-16/h4-9H,10-13H2,1-3H3,(H,20,23)(H,21,24)(H,22,25). The second-order valence-corrected chi connectivity index (χ2v) is 6.92. The van der Waals surface area contributed by atoms with Crippen LogP contribution in [0.3, 0.4) is 0 Å². The number of anilines is 1. The van der Waals surface area contributed by atoms with Crippen LogP contribution in [0.15, 0.2) is 36.4 Å². The van der Waals surface area contributed by atoms with Crippen molar-refractivity contribution >= 4 is 28.5 Å². The molecule has 0 radical (unpaired) electrons. The lowest BCUT2D eigenvalue weighted by atomic mass is 9.96. The predicted octanol–water partition coefficient (Wildman–Crippen LogP) is 2.32. The number of fused-ring (bicyclic) bond motifs is 1. The number of para-hydroxylation sites is 1. The van der Waals surface area contributed by atoms with Crippen LogP contribution < -0.4 is 16.0 Å². The lowest BCUT2D eigenvalue weighted by Crippen LogP contribution is -2.37. The molecule has 3 N–H and O–H groups in total. The Morgan fingerprint density at radius 3 is 2.48 bits per heavy atom. The molecule has 1 heterocycles. The number of nitrogens with zero attached hydrogens (tertiary/aromatic N) is 1. The number of carbonyl (C=O) groups excluding carboxylic acids is 2. The molecule has 0 saturated carbocycles. The first-order valence-electron chi connectivity index (χ1n) is 8.51. The fourth-order valence-electron chi connectivity index (χ4n) is 2.20. The van der Waals surface area contributed by atoms with E-state index in [9.17, 15) is 9.59 Å². The second-order valence-electron chi connectivity index (χ2n) is 6.92. The Bertz CT molecular complexity index is 738. The summed E-state index contributed by atoms with van der Waals surface area (Å²) in [5, 5.41) is 9.87. The van der Waals surface area contributed by atoms with E-state index in [-0.39, 0.29) is 18.2 Å². The third kappa shape index (κ3) is 6.06. The molecule has 6 nitrogen and oxygen atoms in total. The highest BCUT2D eigenvalue weighted by molar-refractivity contribution is 5.82. The Balaban J connectivity index is 1.65. The van der Waals surface area contributed by atoms with Gasteiger partial charge in [-0.15, -0.1) is 0 Å². The van der Waals surface area contributed by atoms with Crippen molar-refractivity contribution in [2.24, 2.45) is 5.41 Å². The summed E-state index contributed by atoms with van der Waals surface area (Å²) in [6.07, 6.45) is 0.274. The summed E-state index contributed by atoms with van der Waals surface area (Å²) in [6.45, 7) is 6.96. The summed E-state index contributed by atoms with van der Waals surface area (Å²) in [5.41, 5.74) is 0.499. The molecule has 0 aliphatic rings. The third-order valence-corrected chi connectivity index (χ3v) is 3.67. The van der Waals surface area contributed by atoms with Gasteiger partial charge in [-0.05, 0) is 18.2 Å². The van der Waals surface area contributed by atoms with Gasteiger partial charge in [-0.2, -0.15) is 0 Å². The maximum Gasteiger partial charge on any atom is 0.225 e. The average Bonchev–Trinajstić information content (AvgIpc) is 2.57. The first kappa shape index (κ1) is 18.7. The number of amides is 2. The average molecular weight is 342 g/mol. The van der Waals surface area contributed by atoms with Crippen LogP contribution >= 0.6 is 0 Å². The molecular formula is C19H26N4O2. The molecule has 2 rings (SSSR count). The lowest BCUT2D eigenvalue weighted by Gasteiger charge is -2.17. The molecule has 0 fully saturated rings. The second kappa shape index (κ2) is 8.46. The maximum atomic E-state index is 11.8. The van der Waals surface area contributed by atoms with Crippen LogP contribution in [0.2, 0.25) is 0 Å². The van der Waals surface area contributed by atoms with Crippen LogP contribution in [0.5, 0.6) is 0 Å². The van der Waals surface area contributed by atoms with Gasteiger partial charge < -0.3 is 16.0 Å². The van der Waals surface area contributed by atoms with Gasteiger partial charge >= 0.3 is 0 Å². The van der Waals surface area contributed by atoms with Crippen LogP contribution in [0.25, 0.3) is 10.9 Å². The Hall–Kier alpha value is -2.63. The van der Waals surface area contributed by atoms with E-state index in [1.54, 1.807) is 0 Å². The minimum Gasteiger partial charge on any atom is -0.368 e. The summed E-state index contributed by atoms with van der Waals surface area (Å²) in [4.78, 5) is 28.0. The van der Waals surface area contributed by atoms with E-state index in [1.807, 2.05) is 57.2 Å². The number of benzene rings is 1. The molecule has 0 bridgehead atoms. The minimum atomic E-state index is -0.437. The monoisotopic (exact) mass is 342 g/mol. The van der Waals surface area contributed by atoms with Gasteiger partial charge in [0.05, 0.1) is 5.52 Å². The van der Waals surface area contributed by atoms with E-state index in [4.69, 9.17) is 0 Å². The summed E-state index contributed by atoms with van der Waals surface area (Å²) in [6, 6.07) is 11.9. The minimum absolute atomic E-state index is 0.0515. The highest BCUT2D eigenvalue weighted by atomic mass is 16.2. The Morgan fingerprint density at radius 1 is 0.960 bits per heavy atom. The number of hydrogen-bond acceptors (Lipinski definition) is 4. The molecule has 25 heavy (non-hydrogen) atoms. The van der Waals surface area contributed by atoms with E-state index in [0.717, 1.165) is 16.7 Å². The fraction of sp³-hybridized carbons (Fsp3) is 0.421. The van der Waals surface area contributed by atoms with Crippen LogP contribution in [0.4, 0.5) is 5.82 Å². The number of pyridine rings is 1. The molecule has 0 aliphatic heterocycles. The number of aromatic nitrogens is 1. The predicted molar refractivity (Wildman–Crippen MR) is 100 cm³/mol. The normalized spacial score (nSPS) is 11.2. The van der Waals surface area contributed by atoms with Crippen LogP contribution in [0.1, 0.15) is 27.2 Å². The van der Waals surface area contributed by atoms with Crippen molar-refractivity contribution in [3.63, 3.8) is 0 Å². The van der Waals surface area contributed by atoms with Crippen LogP contribution in [-0.4, -0.2) is 36.4 Å². The van der Waals surface area contributed by atoms with E-state index in [1.165, 1.54) is 0 Å². The quantitative estimate of drug-likeness (QED) is 0.674. The molecule has 6 heteroatoms. The van der Waals surface area contributed by atoms with E-state index in [0.29, 0.717) is 19.6 Å². The molecule has 0 aliphatic carbocycles. The Morgan fingerprint density at radius 2 is 1.72 bits per heavy atom. The maximum absolute atomic E-state index is 11.8. The number of rotatable bonds is 7. The summed E-state index contributed by atoms with van der Waals surface area (Å²) >= 11 is 0. The highest BCUT2D eigenvalue weighted by Gasteiger charge is 2.20. The van der Waals surface area contributed by atoms with Crippen LogP contribution in [-0.2, 0) is 9.59 Å². The largest absolute Gasteiger partial charge is 0.368 e. The van der Waals surface area contributed by atoms with Crippen molar-refractivity contribution in [1.29, 1.82) is 0 Å². The van der Waals surface area contributed by atoms with Crippen molar-refractivity contribution in [1.82, 2.24) is 15.6 Å². The van der Waals surface area contributed by atoms with Gasteiger partial charge in [0.25, 0.3) is 0 Å². The number of nitrogens with one attached hydrogen (secondary N) is 3. The molecular weight excluding hydrogens is 316 g/mol. The molecule has 2 aromatic rings. The summed E-state index contributed by atoms with van der Waals surface area (Å²) in [5.74, 6) is 0.650. The van der Waals surface area contributed by atoms with Gasteiger partial charge in [0.1, 0.15) is 5.82 Å². The smallest absolute Gasteiger partial charge is 0.225 e. The van der Waals surface area contributed by atoms with Gasteiger partial charge in [0, 0.05) is 36.9 Å². The van der Waals surface area contributed by atoms with Crippen molar-refractivity contribution < 1.29 is 9.59 Å². The third-order valence-electron chi connectivity index (χ3n) is 3.67. The topological polar surface area (TPSA) is 83.1 Å². The fourth-order valence-corrected chi connectivity index (χ4v) is 2.20. The first-order valence-corrected chi connectivity index (χ1v) is 8.51. The van der Waals surface area contributed by atoms with Gasteiger partial charge in [-0.3, -0.25) is 9.59 Å². The van der Waals surface area contributed by atoms with Gasteiger partial charge in [0.15, 0.2) is 0 Å². The molecule has 134 valence electrons. The Labute approximate surface area is 148 Å². The molecule has 1 aromatic carbocycles. The van der Waals surface area contributed by atoms with Crippen molar-refractivity contribution in [2.75, 3.05) is 25.0 Å². The number of carbonyl (C=O) groups is 2. The molecule has 0 atom stereocenters. The van der Waals surface area contributed by atoms with Crippen molar-refractivity contribution in [3.8, 4) is 0 Å². The van der Waals surface area contributed by atoms with Gasteiger partial charge in [-0.25, -0.2) is 4.98 Å². The van der Waals surface area contributed by atoms with Gasteiger partial charge in [-0.1, -0.05) is 39.0 Å². The summed E-state index contributed by atoms with van der Waals surface area (Å²) < 4.78 is 0. The zero-order chi connectivity index (χ0) is 18.3. The molecule has 0 saturated heterocycles. The zero-order valence-electron chi connectivity index (χ0n) is 15.1. The zero-order valence-corrected chi connectivity index (χ0v) is 15.1. The SMILES string of the molecule is CC(C)(C)C(=O)NCCC(=O)NCCNc1ccc2ccccc2n1. The van der Waals surface area contributed by atoms with E-state index >= 15 is 0 Å². The van der Waals surface area contributed by atoms with Gasteiger partial charge in [0.2, 0.25) is 11.8 Å². The molecule has 2 amide bonds. The van der Waals surface area contributed by atoms with E-state index < -0.39 is 5.41 Å². The lowest BCUT2D eigenvalue weighted by molar-refractivity contribution is -0.128.